The standard InChI is InChI=1S/C9H12O.CCl2O/c1-2-3-8-4-6-9(10)7-5-8;2-1(3)4/h4-7,10H,2-3H2,1H3;. The Morgan fingerprint density at radius 2 is 1.71 bits per heavy atom. The van der Waals surface area contributed by atoms with E-state index in [0.29, 0.717) is 5.75 Å². The van der Waals surface area contributed by atoms with Gasteiger partial charge in [-0.3, -0.25) is 4.79 Å². The van der Waals surface area contributed by atoms with Gasteiger partial charge in [0.25, 0.3) is 0 Å². The number of aromatic hydroxyl groups is 1. The van der Waals surface area contributed by atoms with Crippen LogP contribution in [0.15, 0.2) is 24.3 Å². The molecule has 4 heteroatoms. The molecular weight excluding hydrogens is 223 g/mol. The molecule has 0 atom stereocenters. The normalized spacial score (nSPS) is 8.79. The molecule has 0 radical (unpaired) electrons. The van der Waals surface area contributed by atoms with E-state index in [4.69, 9.17) is 9.90 Å². The highest BCUT2D eigenvalue weighted by atomic mass is 35.5. The highest BCUT2D eigenvalue weighted by molar-refractivity contribution is 6.93. The van der Waals surface area contributed by atoms with Crippen LogP contribution in [-0.2, 0) is 6.42 Å². The summed E-state index contributed by atoms with van der Waals surface area (Å²) in [6.45, 7) is 2.15. The first-order valence-electron chi connectivity index (χ1n) is 4.19. The third kappa shape index (κ3) is 7.90. The summed E-state index contributed by atoms with van der Waals surface area (Å²) in [7, 11) is 0. The van der Waals surface area contributed by atoms with Crippen molar-refractivity contribution in [2.75, 3.05) is 0 Å². The summed E-state index contributed by atoms with van der Waals surface area (Å²) < 4.78 is -0.889. The molecule has 1 rings (SSSR count). The quantitative estimate of drug-likeness (QED) is 0.788. The lowest BCUT2D eigenvalue weighted by Crippen LogP contribution is -1.79. The molecule has 0 aliphatic rings. The van der Waals surface area contributed by atoms with Crippen molar-refractivity contribution in [1.29, 1.82) is 0 Å². The molecule has 14 heavy (non-hydrogen) atoms. The van der Waals surface area contributed by atoms with E-state index in [1.807, 2.05) is 12.1 Å². The van der Waals surface area contributed by atoms with Gasteiger partial charge in [0.05, 0.1) is 0 Å². The maximum atomic E-state index is 8.98. The summed E-state index contributed by atoms with van der Waals surface area (Å²) in [6.07, 6.45) is 2.26. The third-order valence-corrected chi connectivity index (χ3v) is 1.48. The van der Waals surface area contributed by atoms with Gasteiger partial charge in [-0.1, -0.05) is 25.5 Å². The van der Waals surface area contributed by atoms with E-state index in [1.54, 1.807) is 12.1 Å². The van der Waals surface area contributed by atoms with E-state index >= 15 is 0 Å². The van der Waals surface area contributed by atoms with Crippen molar-refractivity contribution in [3.05, 3.63) is 29.8 Å². The zero-order valence-electron chi connectivity index (χ0n) is 7.84. The molecule has 0 unspecified atom stereocenters. The van der Waals surface area contributed by atoms with Crippen LogP contribution in [0.1, 0.15) is 18.9 Å². The topological polar surface area (TPSA) is 37.3 Å². The molecule has 0 heterocycles. The lowest BCUT2D eigenvalue weighted by molar-refractivity contribution is 0.275. The zero-order chi connectivity index (χ0) is 11.0. The predicted octanol–water partition coefficient (Wildman–Crippen LogP) is 3.93. The third-order valence-electron chi connectivity index (χ3n) is 1.48. The molecule has 0 spiro atoms. The summed E-state index contributed by atoms with van der Waals surface area (Å²) in [5.74, 6) is 0.347. The van der Waals surface area contributed by atoms with Crippen LogP contribution in [0, 0.1) is 0 Å². The van der Waals surface area contributed by atoms with E-state index in [0.717, 1.165) is 12.8 Å². The lowest BCUT2D eigenvalue weighted by atomic mass is 10.1. The predicted molar refractivity (Wildman–Crippen MR) is 59.2 cm³/mol. The number of aryl methyl sites for hydroxylation is 1. The molecule has 1 N–H and O–H groups in total. The van der Waals surface area contributed by atoms with Crippen molar-refractivity contribution >= 4 is 27.9 Å². The Labute approximate surface area is 93.5 Å². The van der Waals surface area contributed by atoms with E-state index in [9.17, 15) is 0 Å². The maximum Gasteiger partial charge on any atom is 0.313 e. The van der Waals surface area contributed by atoms with Gasteiger partial charge in [0.2, 0.25) is 0 Å². The highest BCUT2D eigenvalue weighted by Crippen LogP contribution is 2.10. The fourth-order valence-corrected chi connectivity index (χ4v) is 0.951. The second kappa shape index (κ2) is 7.65. The van der Waals surface area contributed by atoms with Gasteiger partial charge >= 0.3 is 4.70 Å². The van der Waals surface area contributed by atoms with Gasteiger partial charge in [0.1, 0.15) is 5.75 Å². The van der Waals surface area contributed by atoms with Crippen molar-refractivity contribution in [3.63, 3.8) is 0 Å². The Hall–Kier alpha value is -0.730. The van der Waals surface area contributed by atoms with Gasteiger partial charge in [-0.05, 0) is 47.3 Å². The Morgan fingerprint density at radius 3 is 2.07 bits per heavy atom. The van der Waals surface area contributed by atoms with Gasteiger partial charge < -0.3 is 5.11 Å². The van der Waals surface area contributed by atoms with Crippen molar-refractivity contribution in [2.24, 2.45) is 0 Å². The molecule has 1 aromatic rings. The molecule has 2 nitrogen and oxygen atoms in total. The number of carbonyl (C=O) groups excluding carboxylic acids is 1. The highest BCUT2D eigenvalue weighted by Gasteiger charge is 1.89. The first-order valence-corrected chi connectivity index (χ1v) is 4.94. The van der Waals surface area contributed by atoms with Gasteiger partial charge in [-0.15, -0.1) is 0 Å². The molecule has 0 saturated heterocycles. The van der Waals surface area contributed by atoms with Crippen LogP contribution in [0.25, 0.3) is 0 Å². The molecule has 0 aliphatic carbocycles. The molecule has 0 saturated carbocycles. The van der Waals surface area contributed by atoms with Crippen LogP contribution in [0.2, 0.25) is 0 Å². The van der Waals surface area contributed by atoms with Crippen LogP contribution in [0.4, 0.5) is 4.79 Å². The first-order chi connectivity index (χ1) is 6.56. The summed E-state index contributed by atoms with van der Waals surface area (Å²) in [5.41, 5.74) is 1.29. The van der Waals surface area contributed by atoms with E-state index in [1.165, 1.54) is 5.56 Å². The molecule has 0 amide bonds. The van der Waals surface area contributed by atoms with E-state index in [2.05, 4.69) is 30.1 Å². The number of halogens is 2. The molecular formula is C10H12Cl2O2. The minimum Gasteiger partial charge on any atom is -0.508 e. The monoisotopic (exact) mass is 234 g/mol. The number of phenols is 1. The van der Waals surface area contributed by atoms with Crippen LogP contribution in [0.5, 0.6) is 5.75 Å². The molecule has 0 bridgehead atoms. The minimum absolute atomic E-state index is 0.347. The van der Waals surface area contributed by atoms with Crippen LogP contribution < -0.4 is 0 Å². The Bertz CT molecular complexity index is 266. The summed E-state index contributed by atoms with van der Waals surface area (Å²) >= 11 is 8.80. The summed E-state index contributed by atoms with van der Waals surface area (Å²) in [4.78, 5) is 8.98. The maximum absolute atomic E-state index is 8.98. The molecule has 0 aromatic heterocycles. The molecule has 0 fully saturated rings. The lowest BCUT2D eigenvalue weighted by Gasteiger charge is -1.96. The average molecular weight is 235 g/mol. The second-order valence-electron chi connectivity index (χ2n) is 2.64. The first kappa shape index (κ1) is 13.3. The van der Waals surface area contributed by atoms with Crippen LogP contribution in [0.3, 0.4) is 0 Å². The summed E-state index contributed by atoms with van der Waals surface area (Å²) in [5, 5.41) is 8.92. The van der Waals surface area contributed by atoms with Crippen molar-refractivity contribution in [1.82, 2.24) is 0 Å². The molecule has 0 aliphatic heterocycles. The second-order valence-corrected chi connectivity index (χ2v) is 3.52. The number of carbonyl (C=O) groups is 1. The largest absolute Gasteiger partial charge is 0.508 e. The fraction of sp³-hybridized carbons (Fsp3) is 0.300. The van der Waals surface area contributed by atoms with Crippen molar-refractivity contribution in [2.45, 2.75) is 19.8 Å². The average Bonchev–Trinajstić information content (AvgIpc) is 2.08. The SMILES string of the molecule is CCCc1ccc(O)cc1.O=C(Cl)Cl. The minimum atomic E-state index is -0.889. The molecule has 78 valence electrons. The Balaban J connectivity index is 0.000000364. The Kier molecular flexibility index (Phi) is 7.25. The smallest absolute Gasteiger partial charge is 0.313 e. The number of hydrogen-bond donors (Lipinski definition) is 1. The van der Waals surface area contributed by atoms with Crippen LogP contribution in [-0.4, -0.2) is 9.81 Å². The zero-order valence-corrected chi connectivity index (χ0v) is 9.35. The fourth-order valence-electron chi connectivity index (χ4n) is 0.951. The van der Waals surface area contributed by atoms with Gasteiger partial charge in [-0.25, -0.2) is 0 Å². The van der Waals surface area contributed by atoms with Crippen molar-refractivity contribution in [3.8, 4) is 5.75 Å². The number of benzene rings is 1. The van der Waals surface area contributed by atoms with E-state index < -0.39 is 4.70 Å². The number of hydrogen-bond acceptors (Lipinski definition) is 2. The summed E-state index contributed by atoms with van der Waals surface area (Å²) in [6, 6.07) is 7.37. The number of phenolic OH excluding ortho intramolecular Hbond substituents is 1. The van der Waals surface area contributed by atoms with Crippen molar-refractivity contribution < 1.29 is 9.90 Å². The number of rotatable bonds is 2. The molecule has 1 aromatic carbocycles. The van der Waals surface area contributed by atoms with Gasteiger partial charge in [-0.2, -0.15) is 0 Å². The van der Waals surface area contributed by atoms with E-state index in [-0.39, 0.29) is 0 Å². The van der Waals surface area contributed by atoms with Gasteiger partial charge in [0, 0.05) is 0 Å². The Morgan fingerprint density at radius 1 is 1.29 bits per heavy atom. The van der Waals surface area contributed by atoms with Crippen LogP contribution >= 0.6 is 23.2 Å². The van der Waals surface area contributed by atoms with Gasteiger partial charge in [0.15, 0.2) is 0 Å².